The van der Waals surface area contributed by atoms with Gasteiger partial charge in [-0.15, -0.1) is 0 Å². The predicted molar refractivity (Wildman–Crippen MR) is 87.9 cm³/mol. The monoisotopic (exact) mass is 280 g/mol. The van der Waals surface area contributed by atoms with Crippen molar-refractivity contribution in [1.82, 2.24) is 0 Å². The second kappa shape index (κ2) is 6.80. The molecule has 21 heavy (non-hydrogen) atoms. The summed E-state index contributed by atoms with van der Waals surface area (Å²) in [5.74, 6) is 1.84. The molecule has 0 radical (unpaired) electrons. The van der Waals surface area contributed by atoms with Gasteiger partial charge in [-0.25, -0.2) is 0 Å². The van der Waals surface area contributed by atoms with E-state index in [0.717, 1.165) is 18.3 Å². The molecular formula is C20H24O. The van der Waals surface area contributed by atoms with E-state index in [-0.39, 0.29) is 0 Å². The van der Waals surface area contributed by atoms with Crippen LogP contribution in [0.15, 0.2) is 48.5 Å². The summed E-state index contributed by atoms with van der Waals surface area (Å²) in [4.78, 5) is 0. The largest absolute Gasteiger partial charge is 0.494 e. The van der Waals surface area contributed by atoms with Gasteiger partial charge in [0.2, 0.25) is 0 Å². The molecule has 1 aliphatic carbocycles. The second-order valence-corrected chi connectivity index (χ2v) is 6.00. The molecule has 2 aromatic carbocycles. The molecule has 0 aliphatic heterocycles. The summed E-state index contributed by atoms with van der Waals surface area (Å²) in [5.41, 5.74) is 4.49. The Morgan fingerprint density at radius 2 is 1.90 bits per heavy atom. The van der Waals surface area contributed by atoms with E-state index in [1.165, 1.54) is 48.8 Å². The molecule has 1 aliphatic rings. The summed E-state index contributed by atoms with van der Waals surface area (Å²) in [6.45, 7) is 2.79. The lowest BCUT2D eigenvalue weighted by atomic mass is 9.81. The number of benzene rings is 2. The van der Waals surface area contributed by atoms with Gasteiger partial charge in [-0.3, -0.25) is 0 Å². The molecule has 0 saturated heterocycles. The first kappa shape index (κ1) is 14.2. The number of rotatable bonds is 5. The highest BCUT2D eigenvalue weighted by Gasteiger charge is 2.19. The van der Waals surface area contributed by atoms with E-state index in [1.54, 1.807) is 0 Å². The number of aryl methyl sites for hydroxylation is 2. The van der Waals surface area contributed by atoms with Gasteiger partial charge in [0.25, 0.3) is 0 Å². The van der Waals surface area contributed by atoms with Crippen molar-refractivity contribution in [1.29, 1.82) is 0 Å². The average molecular weight is 280 g/mol. The highest BCUT2D eigenvalue weighted by molar-refractivity contribution is 5.37. The molecule has 0 amide bonds. The fourth-order valence-corrected chi connectivity index (χ4v) is 3.33. The number of hydrogen-bond acceptors (Lipinski definition) is 1. The van der Waals surface area contributed by atoms with E-state index in [2.05, 4.69) is 48.5 Å². The molecule has 0 heterocycles. The van der Waals surface area contributed by atoms with Crippen LogP contribution in [0.5, 0.6) is 5.75 Å². The van der Waals surface area contributed by atoms with Crippen LogP contribution in [0.25, 0.3) is 0 Å². The summed E-state index contributed by atoms with van der Waals surface area (Å²) < 4.78 is 5.64. The van der Waals surface area contributed by atoms with Crippen molar-refractivity contribution >= 4 is 0 Å². The molecule has 2 aromatic rings. The van der Waals surface area contributed by atoms with Gasteiger partial charge in [-0.05, 0) is 73.8 Å². The van der Waals surface area contributed by atoms with Gasteiger partial charge in [0.15, 0.2) is 0 Å². The van der Waals surface area contributed by atoms with E-state index in [1.807, 2.05) is 6.92 Å². The van der Waals surface area contributed by atoms with Crippen LogP contribution in [0.4, 0.5) is 0 Å². The highest BCUT2D eigenvalue weighted by Crippen LogP contribution is 2.31. The van der Waals surface area contributed by atoms with Crippen molar-refractivity contribution in [2.24, 2.45) is 5.92 Å². The first-order chi connectivity index (χ1) is 10.3. The van der Waals surface area contributed by atoms with Crippen LogP contribution in [0.2, 0.25) is 0 Å². The summed E-state index contributed by atoms with van der Waals surface area (Å²) in [7, 11) is 0. The number of ether oxygens (including phenoxy) is 1. The second-order valence-electron chi connectivity index (χ2n) is 6.00. The third-order valence-corrected chi connectivity index (χ3v) is 4.50. The third kappa shape index (κ3) is 3.66. The first-order valence-corrected chi connectivity index (χ1v) is 8.13. The molecule has 1 nitrogen and oxygen atoms in total. The smallest absolute Gasteiger partial charge is 0.119 e. The first-order valence-electron chi connectivity index (χ1n) is 8.13. The highest BCUT2D eigenvalue weighted by atomic mass is 16.5. The van der Waals surface area contributed by atoms with Crippen LogP contribution in [-0.4, -0.2) is 6.61 Å². The van der Waals surface area contributed by atoms with Crippen molar-refractivity contribution < 1.29 is 4.74 Å². The molecule has 0 aromatic heterocycles. The summed E-state index contributed by atoms with van der Waals surface area (Å²) >= 11 is 0. The molecule has 0 N–H and O–H groups in total. The van der Waals surface area contributed by atoms with E-state index >= 15 is 0 Å². The van der Waals surface area contributed by atoms with Gasteiger partial charge >= 0.3 is 0 Å². The Labute approximate surface area is 128 Å². The fourth-order valence-electron chi connectivity index (χ4n) is 3.33. The van der Waals surface area contributed by atoms with Gasteiger partial charge in [0, 0.05) is 0 Å². The number of hydrogen-bond donors (Lipinski definition) is 0. The molecule has 1 unspecified atom stereocenters. The quantitative estimate of drug-likeness (QED) is 0.762. The molecular weight excluding hydrogens is 256 g/mol. The van der Waals surface area contributed by atoms with E-state index in [0.29, 0.717) is 0 Å². The van der Waals surface area contributed by atoms with E-state index in [9.17, 15) is 0 Å². The Kier molecular flexibility index (Phi) is 4.59. The van der Waals surface area contributed by atoms with Crippen LogP contribution >= 0.6 is 0 Å². The van der Waals surface area contributed by atoms with Gasteiger partial charge < -0.3 is 4.74 Å². The fraction of sp³-hybridized carbons (Fsp3) is 0.400. The minimum Gasteiger partial charge on any atom is -0.494 e. The molecule has 1 heteroatoms. The summed E-state index contributed by atoms with van der Waals surface area (Å²) in [5, 5.41) is 0. The molecule has 110 valence electrons. The predicted octanol–water partition coefficient (Wildman–Crippen LogP) is 4.82. The van der Waals surface area contributed by atoms with Crippen LogP contribution < -0.4 is 4.74 Å². The normalized spacial score (nSPS) is 17.3. The lowest BCUT2D eigenvalue weighted by molar-refractivity contribution is 0.338. The van der Waals surface area contributed by atoms with E-state index < -0.39 is 0 Å². The maximum absolute atomic E-state index is 5.64. The maximum atomic E-state index is 5.64. The van der Waals surface area contributed by atoms with Gasteiger partial charge in [0.05, 0.1) is 6.61 Å². The van der Waals surface area contributed by atoms with Crippen molar-refractivity contribution in [3.05, 3.63) is 65.2 Å². The van der Waals surface area contributed by atoms with E-state index in [4.69, 9.17) is 4.74 Å². The Bertz CT molecular complexity index is 574. The van der Waals surface area contributed by atoms with Crippen LogP contribution in [0.1, 0.15) is 36.5 Å². The van der Waals surface area contributed by atoms with Crippen molar-refractivity contribution in [3.63, 3.8) is 0 Å². The zero-order valence-electron chi connectivity index (χ0n) is 12.8. The van der Waals surface area contributed by atoms with Gasteiger partial charge in [-0.1, -0.05) is 36.4 Å². The third-order valence-electron chi connectivity index (χ3n) is 4.50. The molecule has 0 saturated carbocycles. The van der Waals surface area contributed by atoms with Crippen molar-refractivity contribution in [2.45, 2.75) is 39.0 Å². The Morgan fingerprint density at radius 3 is 2.71 bits per heavy atom. The zero-order chi connectivity index (χ0) is 14.5. The summed E-state index contributed by atoms with van der Waals surface area (Å²) in [6.07, 6.45) is 6.26. The lowest BCUT2D eigenvalue weighted by Crippen LogP contribution is -2.15. The summed E-state index contributed by atoms with van der Waals surface area (Å²) in [6, 6.07) is 17.5. The van der Waals surface area contributed by atoms with Crippen LogP contribution in [-0.2, 0) is 19.3 Å². The SMILES string of the molecule is CCOc1ccc2c(c1)CC(CCc1ccccc1)CC2. The Hall–Kier alpha value is -1.76. The Morgan fingerprint density at radius 1 is 1.05 bits per heavy atom. The van der Waals surface area contributed by atoms with Crippen LogP contribution in [0, 0.1) is 5.92 Å². The van der Waals surface area contributed by atoms with Crippen molar-refractivity contribution in [3.8, 4) is 5.75 Å². The Balaban J connectivity index is 1.62. The topological polar surface area (TPSA) is 9.23 Å². The molecule has 0 spiro atoms. The molecule has 1 atom stereocenters. The number of fused-ring (bicyclic) bond motifs is 1. The molecule has 0 bridgehead atoms. The van der Waals surface area contributed by atoms with Crippen LogP contribution in [0.3, 0.4) is 0 Å². The molecule has 3 rings (SSSR count). The zero-order valence-corrected chi connectivity index (χ0v) is 12.8. The minimum atomic E-state index is 0.746. The van der Waals surface area contributed by atoms with Gasteiger partial charge in [-0.2, -0.15) is 0 Å². The maximum Gasteiger partial charge on any atom is 0.119 e. The standard InChI is InChI=1S/C20H24O/c1-2-21-20-13-12-18-11-10-17(14-19(18)15-20)9-8-16-6-4-3-5-7-16/h3-7,12-13,15,17H,2,8-11,14H2,1H3. The average Bonchev–Trinajstić information content (AvgIpc) is 2.54. The van der Waals surface area contributed by atoms with Gasteiger partial charge in [0.1, 0.15) is 5.75 Å². The lowest BCUT2D eigenvalue weighted by Gasteiger charge is -2.25. The van der Waals surface area contributed by atoms with Crippen molar-refractivity contribution in [2.75, 3.05) is 6.61 Å². The minimum absolute atomic E-state index is 0.746. The molecule has 0 fully saturated rings.